The molecule has 0 aliphatic carbocycles. The summed E-state index contributed by atoms with van der Waals surface area (Å²) < 4.78 is 5.71. The first-order valence-electron chi connectivity index (χ1n) is 6.34. The van der Waals surface area contributed by atoms with Gasteiger partial charge in [-0.3, -0.25) is 0 Å². The van der Waals surface area contributed by atoms with Crippen molar-refractivity contribution in [1.82, 2.24) is 15.3 Å². The second-order valence-corrected chi connectivity index (χ2v) is 4.54. The molecule has 1 aromatic heterocycles. The Hall–Kier alpha value is -1.20. The first-order chi connectivity index (χ1) is 8.43. The normalized spacial score (nSPS) is 25.2. The van der Waals surface area contributed by atoms with Crippen molar-refractivity contribution in [3.8, 4) is 0 Å². The third-order valence-corrected chi connectivity index (χ3v) is 3.31. The van der Waals surface area contributed by atoms with Crippen LogP contribution in [0.2, 0.25) is 0 Å². The van der Waals surface area contributed by atoms with Crippen molar-refractivity contribution in [3.63, 3.8) is 0 Å². The largest absolute Gasteiger partial charge is 0.369 e. The molecule has 0 aromatic carbocycles. The molecular weight excluding hydrogens is 216 g/mol. The van der Waals surface area contributed by atoms with Gasteiger partial charge >= 0.3 is 0 Å². The lowest BCUT2D eigenvalue weighted by Crippen LogP contribution is -2.34. The molecule has 2 fully saturated rings. The fourth-order valence-electron chi connectivity index (χ4n) is 2.37. The molecule has 0 spiro atoms. The quantitative estimate of drug-likeness (QED) is 0.818. The molecule has 0 bridgehead atoms. The highest BCUT2D eigenvalue weighted by atomic mass is 16.5. The number of anilines is 1. The lowest BCUT2D eigenvalue weighted by molar-refractivity contribution is 0.0250. The maximum atomic E-state index is 5.71. The van der Waals surface area contributed by atoms with Gasteiger partial charge in [-0.2, -0.15) is 0 Å². The van der Waals surface area contributed by atoms with Gasteiger partial charge in [-0.05, 0) is 18.9 Å². The molecule has 2 aliphatic rings. The van der Waals surface area contributed by atoms with Gasteiger partial charge in [0.05, 0.1) is 12.3 Å². The lowest BCUT2D eigenvalue weighted by atomic mass is 10.2. The van der Waals surface area contributed by atoms with Crippen LogP contribution in [-0.4, -0.2) is 42.8 Å². The first-order valence-corrected chi connectivity index (χ1v) is 6.34. The molecule has 5 heteroatoms. The SMILES string of the molecule is c1cc([C@@H]2CNCCO2)nc(N2CCCC2)n1. The molecule has 1 aromatic rings. The summed E-state index contributed by atoms with van der Waals surface area (Å²) in [7, 11) is 0. The summed E-state index contributed by atoms with van der Waals surface area (Å²) >= 11 is 0. The minimum Gasteiger partial charge on any atom is -0.369 e. The Bertz CT molecular complexity index is 373. The summed E-state index contributed by atoms with van der Waals surface area (Å²) in [5, 5.41) is 3.32. The minimum atomic E-state index is 0.0769. The van der Waals surface area contributed by atoms with E-state index in [9.17, 15) is 0 Å². The lowest BCUT2D eigenvalue weighted by Gasteiger charge is -2.24. The number of ether oxygens (including phenoxy) is 1. The van der Waals surface area contributed by atoms with Gasteiger partial charge in [0.25, 0.3) is 0 Å². The Morgan fingerprint density at radius 3 is 3.00 bits per heavy atom. The molecule has 5 nitrogen and oxygen atoms in total. The number of hydrogen-bond donors (Lipinski definition) is 1. The number of nitrogens with zero attached hydrogens (tertiary/aromatic N) is 3. The first kappa shape index (κ1) is 10.9. The Labute approximate surface area is 101 Å². The van der Waals surface area contributed by atoms with Gasteiger partial charge < -0.3 is 15.0 Å². The smallest absolute Gasteiger partial charge is 0.225 e. The van der Waals surface area contributed by atoms with Crippen molar-refractivity contribution in [1.29, 1.82) is 0 Å². The summed E-state index contributed by atoms with van der Waals surface area (Å²) in [5.41, 5.74) is 0.995. The van der Waals surface area contributed by atoms with E-state index in [2.05, 4.69) is 20.2 Å². The predicted molar refractivity (Wildman–Crippen MR) is 65.0 cm³/mol. The van der Waals surface area contributed by atoms with Gasteiger partial charge in [0.15, 0.2) is 0 Å². The zero-order valence-corrected chi connectivity index (χ0v) is 9.93. The fourth-order valence-corrected chi connectivity index (χ4v) is 2.37. The van der Waals surface area contributed by atoms with Gasteiger partial charge in [0.2, 0.25) is 5.95 Å². The van der Waals surface area contributed by atoms with Crippen LogP contribution in [0, 0.1) is 0 Å². The Morgan fingerprint density at radius 2 is 2.24 bits per heavy atom. The number of aromatic nitrogens is 2. The topological polar surface area (TPSA) is 50.3 Å². The summed E-state index contributed by atoms with van der Waals surface area (Å²) in [6.45, 7) is 4.69. The van der Waals surface area contributed by atoms with Crippen molar-refractivity contribution in [3.05, 3.63) is 18.0 Å². The highest BCUT2D eigenvalue weighted by Gasteiger charge is 2.20. The van der Waals surface area contributed by atoms with E-state index in [0.717, 1.165) is 44.4 Å². The Balaban J connectivity index is 1.77. The predicted octanol–water partition coefficient (Wildman–Crippen LogP) is 0.738. The van der Waals surface area contributed by atoms with E-state index in [1.807, 2.05) is 12.3 Å². The van der Waals surface area contributed by atoms with E-state index in [-0.39, 0.29) is 6.10 Å². The second-order valence-electron chi connectivity index (χ2n) is 4.54. The van der Waals surface area contributed by atoms with Crippen molar-refractivity contribution in [2.75, 3.05) is 37.7 Å². The van der Waals surface area contributed by atoms with E-state index in [0.29, 0.717) is 0 Å². The Kier molecular flexibility index (Phi) is 3.20. The van der Waals surface area contributed by atoms with Gasteiger partial charge in [-0.25, -0.2) is 9.97 Å². The molecule has 0 saturated carbocycles. The average Bonchev–Trinajstić information content (AvgIpc) is 2.94. The molecular formula is C12H18N4O. The summed E-state index contributed by atoms with van der Waals surface area (Å²) in [6, 6.07) is 1.96. The second kappa shape index (κ2) is 4.98. The molecule has 92 valence electrons. The van der Waals surface area contributed by atoms with Crippen molar-refractivity contribution in [2.45, 2.75) is 18.9 Å². The molecule has 1 atom stereocenters. The Morgan fingerprint density at radius 1 is 1.35 bits per heavy atom. The number of nitrogens with one attached hydrogen (secondary N) is 1. The van der Waals surface area contributed by atoms with Gasteiger partial charge in [-0.15, -0.1) is 0 Å². The van der Waals surface area contributed by atoms with Crippen LogP contribution in [0.1, 0.15) is 24.6 Å². The van der Waals surface area contributed by atoms with Gasteiger partial charge in [0.1, 0.15) is 6.10 Å². The molecule has 1 N–H and O–H groups in total. The van der Waals surface area contributed by atoms with Crippen LogP contribution >= 0.6 is 0 Å². The standard InChI is InChI=1S/C12H18N4O/c1-2-7-16(6-1)12-14-4-3-10(15-12)11-9-13-5-8-17-11/h3-4,11,13H,1-2,5-9H2/t11-/m0/s1. The van der Waals surface area contributed by atoms with Crippen LogP contribution in [0.3, 0.4) is 0 Å². The van der Waals surface area contributed by atoms with Crippen LogP contribution in [0.15, 0.2) is 12.3 Å². The number of rotatable bonds is 2. The number of hydrogen-bond acceptors (Lipinski definition) is 5. The fraction of sp³-hybridized carbons (Fsp3) is 0.667. The van der Waals surface area contributed by atoms with Crippen molar-refractivity contribution < 1.29 is 4.74 Å². The van der Waals surface area contributed by atoms with Gasteiger partial charge in [-0.1, -0.05) is 0 Å². The van der Waals surface area contributed by atoms with Crippen LogP contribution in [0.25, 0.3) is 0 Å². The van der Waals surface area contributed by atoms with Crippen LogP contribution < -0.4 is 10.2 Å². The van der Waals surface area contributed by atoms with E-state index in [4.69, 9.17) is 4.74 Å². The molecule has 0 unspecified atom stereocenters. The molecule has 3 heterocycles. The third-order valence-electron chi connectivity index (χ3n) is 3.31. The summed E-state index contributed by atoms with van der Waals surface area (Å²) in [6.07, 6.45) is 4.41. The maximum Gasteiger partial charge on any atom is 0.225 e. The van der Waals surface area contributed by atoms with E-state index < -0.39 is 0 Å². The molecule has 3 rings (SSSR count). The van der Waals surface area contributed by atoms with Gasteiger partial charge in [0, 0.05) is 32.4 Å². The highest BCUT2D eigenvalue weighted by Crippen LogP contribution is 2.20. The van der Waals surface area contributed by atoms with Crippen molar-refractivity contribution >= 4 is 5.95 Å². The molecule has 0 radical (unpaired) electrons. The minimum absolute atomic E-state index is 0.0769. The molecule has 17 heavy (non-hydrogen) atoms. The average molecular weight is 234 g/mol. The maximum absolute atomic E-state index is 5.71. The molecule has 2 saturated heterocycles. The van der Waals surface area contributed by atoms with E-state index >= 15 is 0 Å². The van der Waals surface area contributed by atoms with E-state index in [1.54, 1.807) is 0 Å². The van der Waals surface area contributed by atoms with E-state index in [1.165, 1.54) is 12.8 Å². The van der Waals surface area contributed by atoms with Crippen LogP contribution in [-0.2, 0) is 4.74 Å². The van der Waals surface area contributed by atoms with Crippen LogP contribution in [0.5, 0.6) is 0 Å². The summed E-state index contributed by atoms with van der Waals surface area (Å²) in [5.74, 6) is 0.856. The zero-order chi connectivity index (χ0) is 11.5. The number of morpholine rings is 1. The third kappa shape index (κ3) is 2.40. The molecule has 2 aliphatic heterocycles. The summed E-state index contributed by atoms with van der Waals surface area (Å²) in [4.78, 5) is 11.2. The highest BCUT2D eigenvalue weighted by molar-refractivity contribution is 5.32. The monoisotopic (exact) mass is 234 g/mol. The van der Waals surface area contributed by atoms with Crippen LogP contribution in [0.4, 0.5) is 5.95 Å². The zero-order valence-electron chi connectivity index (χ0n) is 9.93. The molecule has 0 amide bonds. The van der Waals surface area contributed by atoms with Crippen molar-refractivity contribution in [2.24, 2.45) is 0 Å².